The highest BCUT2D eigenvalue weighted by Gasteiger charge is 2.33. The van der Waals surface area contributed by atoms with Gasteiger partial charge in [0.1, 0.15) is 0 Å². The Labute approximate surface area is 107 Å². The van der Waals surface area contributed by atoms with Crippen LogP contribution in [0.4, 0.5) is 0 Å². The van der Waals surface area contributed by atoms with Gasteiger partial charge in [-0.1, -0.05) is 0 Å². The average molecular weight is 281 g/mol. The maximum atomic E-state index is 11.5. The fraction of sp³-hybridized carbons (Fsp3) is 0.800. The second-order valence-electron chi connectivity index (χ2n) is 3.15. The number of carbonyl (C=O) groups excluding carboxylic acids is 2. The summed E-state index contributed by atoms with van der Waals surface area (Å²) in [6.45, 7) is 2.58. The van der Waals surface area contributed by atoms with Crippen LogP contribution in [0.5, 0.6) is 0 Å². The molecule has 0 amide bonds. The minimum absolute atomic E-state index is 0.151. The Morgan fingerprint density at radius 2 is 1.89 bits per heavy atom. The first-order valence-electron chi connectivity index (χ1n) is 5.39. The Kier molecular flexibility index (Phi) is 9.36. The molecule has 0 N–H and O–H groups in total. The lowest BCUT2D eigenvalue weighted by molar-refractivity contribution is -0.155. The second-order valence-corrected chi connectivity index (χ2v) is 4.47. The molecule has 0 fully saturated rings. The van der Waals surface area contributed by atoms with E-state index in [1.807, 2.05) is 6.92 Å². The zero-order valence-corrected chi connectivity index (χ0v) is 11.6. The molecule has 0 rings (SSSR count). The summed E-state index contributed by atoms with van der Waals surface area (Å²) < 4.78 is 30.3. The van der Waals surface area contributed by atoms with Gasteiger partial charge >= 0.3 is 20.0 Å². The van der Waals surface area contributed by atoms with E-state index in [4.69, 9.17) is 9.26 Å². The van der Waals surface area contributed by atoms with Crippen molar-refractivity contribution in [3.8, 4) is 0 Å². The quantitative estimate of drug-likeness (QED) is 0.352. The van der Waals surface area contributed by atoms with Gasteiger partial charge in [0.25, 0.3) is 0 Å². The van der Waals surface area contributed by atoms with Crippen molar-refractivity contribution in [3.05, 3.63) is 0 Å². The molecule has 0 radical (unpaired) electrons. The van der Waals surface area contributed by atoms with Gasteiger partial charge in [0.05, 0.1) is 27.2 Å². The van der Waals surface area contributed by atoms with Crippen molar-refractivity contribution in [1.82, 2.24) is 0 Å². The van der Waals surface area contributed by atoms with Crippen LogP contribution in [0.2, 0.25) is 0 Å². The summed E-state index contributed by atoms with van der Waals surface area (Å²) >= 11 is 0. The van der Waals surface area contributed by atoms with Crippen LogP contribution in [0.3, 0.4) is 0 Å². The number of hydrogen-bond donors (Lipinski definition) is 0. The molecule has 0 spiro atoms. The molecule has 18 heavy (non-hydrogen) atoms. The van der Waals surface area contributed by atoms with Gasteiger partial charge < -0.3 is 14.2 Å². The fourth-order valence-electron chi connectivity index (χ4n) is 1.01. The highest BCUT2D eigenvalue weighted by Crippen LogP contribution is 2.26. The molecule has 2 atom stereocenters. The monoisotopic (exact) mass is 281 g/mol. The third kappa shape index (κ3) is 7.32. The lowest BCUT2D eigenvalue weighted by Crippen LogP contribution is -2.27. The van der Waals surface area contributed by atoms with E-state index in [1.54, 1.807) is 0 Å². The van der Waals surface area contributed by atoms with E-state index in [0.29, 0.717) is 6.61 Å². The molecule has 0 aromatic heterocycles. The molecule has 0 heterocycles. The summed E-state index contributed by atoms with van der Waals surface area (Å²) in [4.78, 5) is 22.4. The maximum Gasteiger partial charge on any atom is 0.511 e. The van der Waals surface area contributed by atoms with E-state index >= 15 is 0 Å². The van der Waals surface area contributed by atoms with Crippen molar-refractivity contribution >= 4 is 20.0 Å². The SMILES string of the molecule is CCOCC[P+](=O)OC(CC(=O)OC)C(=O)OC. The predicted octanol–water partition coefficient (Wildman–Crippen LogP) is 0.887. The van der Waals surface area contributed by atoms with Crippen molar-refractivity contribution in [3.63, 3.8) is 0 Å². The summed E-state index contributed by atoms with van der Waals surface area (Å²) in [6, 6.07) is 0. The first-order chi connectivity index (χ1) is 8.54. The molecule has 7 nitrogen and oxygen atoms in total. The van der Waals surface area contributed by atoms with Crippen LogP contribution in [0.1, 0.15) is 13.3 Å². The third-order valence-electron chi connectivity index (χ3n) is 1.91. The van der Waals surface area contributed by atoms with Crippen LogP contribution in [0.25, 0.3) is 0 Å². The molecule has 0 aliphatic carbocycles. The normalized spacial score (nSPS) is 12.7. The summed E-state index contributed by atoms with van der Waals surface area (Å²) in [7, 11) is 0.253. The van der Waals surface area contributed by atoms with Crippen LogP contribution < -0.4 is 0 Å². The molecule has 0 aliphatic rings. The minimum Gasteiger partial charge on any atom is -0.469 e. The van der Waals surface area contributed by atoms with Crippen molar-refractivity contribution in [2.24, 2.45) is 0 Å². The smallest absolute Gasteiger partial charge is 0.469 e. The van der Waals surface area contributed by atoms with Crippen LogP contribution in [-0.4, -0.2) is 51.6 Å². The van der Waals surface area contributed by atoms with Gasteiger partial charge in [0, 0.05) is 6.61 Å². The average Bonchev–Trinajstić information content (AvgIpc) is 2.37. The van der Waals surface area contributed by atoms with Crippen LogP contribution in [-0.2, 0) is 32.9 Å². The summed E-state index contributed by atoms with van der Waals surface area (Å²) in [6.07, 6.45) is -1.40. The first-order valence-corrected chi connectivity index (χ1v) is 6.75. The lowest BCUT2D eigenvalue weighted by Gasteiger charge is -2.07. The molecule has 2 unspecified atom stereocenters. The molecule has 0 bridgehead atoms. The topological polar surface area (TPSA) is 88.1 Å². The largest absolute Gasteiger partial charge is 0.511 e. The molecule has 0 aliphatic heterocycles. The number of esters is 2. The van der Waals surface area contributed by atoms with E-state index in [0.717, 1.165) is 7.11 Å². The predicted molar refractivity (Wildman–Crippen MR) is 62.5 cm³/mol. The highest BCUT2D eigenvalue weighted by atomic mass is 31.1. The highest BCUT2D eigenvalue weighted by molar-refractivity contribution is 7.39. The summed E-state index contributed by atoms with van der Waals surface area (Å²) in [5.74, 6) is -1.40. The van der Waals surface area contributed by atoms with Gasteiger partial charge in [-0.2, -0.15) is 0 Å². The molecule has 0 aromatic carbocycles. The zero-order chi connectivity index (χ0) is 14.0. The summed E-state index contributed by atoms with van der Waals surface area (Å²) in [5.41, 5.74) is 0. The molecule has 8 heteroatoms. The Bertz CT molecular complexity index is 292. The zero-order valence-electron chi connectivity index (χ0n) is 10.7. The molecule has 0 aromatic rings. The Morgan fingerprint density at radius 3 is 2.39 bits per heavy atom. The molecule has 0 saturated carbocycles. The maximum absolute atomic E-state index is 11.5. The third-order valence-corrected chi connectivity index (χ3v) is 2.95. The van der Waals surface area contributed by atoms with E-state index in [2.05, 4.69) is 9.47 Å². The van der Waals surface area contributed by atoms with E-state index in [1.165, 1.54) is 7.11 Å². The van der Waals surface area contributed by atoms with Gasteiger partial charge in [-0.05, 0) is 11.5 Å². The van der Waals surface area contributed by atoms with E-state index in [-0.39, 0.29) is 19.2 Å². The number of hydrogen-bond acceptors (Lipinski definition) is 7. The molecular weight excluding hydrogens is 263 g/mol. The van der Waals surface area contributed by atoms with Crippen molar-refractivity contribution < 1.29 is 32.9 Å². The Morgan fingerprint density at radius 1 is 1.22 bits per heavy atom. The van der Waals surface area contributed by atoms with Crippen molar-refractivity contribution in [2.45, 2.75) is 19.4 Å². The van der Waals surface area contributed by atoms with Crippen LogP contribution in [0.15, 0.2) is 0 Å². The van der Waals surface area contributed by atoms with Crippen molar-refractivity contribution in [2.75, 3.05) is 33.6 Å². The molecule has 104 valence electrons. The van der Waals surface area contributed by atoms with Crippen molar-refractivity contribution in [1.29, 1.82) is 0 Å². The Hall–Kier alpha value is -1.04. The number of methoxy groups -OCH3 is 2. The van der Waals surface area contributed by atoms with Gasteiger partial charge in [0.15, 0.2) is 0 Å². The fourth-order valence-corrected chi connectivity index (χ4v) is 1.84. The van der Waals surface area contributed by atoms with Gasteiger partial charge in [-0.3, -0.25) is 4.79 Å². The standard InChI is InChI=1S/C10H18O7P/c1-4-16-5-6-18(13)17-8(10(12)15-3)7-9(11)14-2/h8H,4-7H2,1-3H3/q+1. The van der Waals surface area contributed by atoms with E-state index < -0.39 is 26.1 Å². The number of ether oxygens (including phenoxy) is 3. The number of rotatable bonds is 9. The van der Waals surface area contributed by atoms with Gasteiger partial charge in [0.2, 0.25) is 12.3 Å². The summed E-state index contributed by atoms with van der Waals surface area (Å²) in [5, 5.41) is 0. The Balaban J connectivity index is 4.26. The second kappa shape index (κ2) is 9.94. The van der Waals surface area contributed by atoms with Crippen LogP contribution in [0, 0.1) is 0 Å². The molecular formula is C10H18O7P+. The van der Waals surface area contributed by atoms with Gasteiger partial charge in [-0.15, -0.1) is 4.52 Å². The lowest BCUT2D eigenvalue weighted by atomic mass is 10.2. The minimum atomic E-state index is -2.09. The van der Waals surface area contributed by atoms with Crippen LogP contribution >= 0.6 is 8.03 Å². The first kappa shape index (κ1) is 17.0. The van der Waals surface area contributed by atoms with Gasteiger partial charge in [-0.25, -0.2) is 4.79 Å². The number of carbonyl (C=O) groups is 2. The molecule has 0 saturated heterocycles. The van der Waals surface area contributed by atoms with E-state index in [9.17, 15) is 14.2 Å².